The quantitative estimate of drug-likeness (QED) is 0.754. The lowest BCUT2D eigenvalue weighted by atomic mass is 10.1. The maximum absolute atomic E-state index is 12.6. The largest absolute Gasteiger partial charge is 0.280 e. The van der Waals surface area contributed by atoms with Crippen LogP contribution in [0.4, 0.5) is 5.69 Å². The fourth-order valence-electron chi connectivity index (χ4n) is 2.27. The highest BCUT2D eigenvalue weighted by molar-refractivity contribution is 6.32. The summed E-state index contributed by atoms with van der Waals surface area (Å²) in [6.07, 6.45) is 1.87. The molecule has 0 aromatic heterocycles. The molecule has 22 heavy (non-hydrogen) atoms. The zero-order valence-electron chi connectivity index (χ0n) is 12.4. The Morgan fingerprint density at radius 3 is 2.27 bits per heavy atom. The van der Waals surface area contributed by atoms with E-state index in [2.05, 4.69) is 5.10 Å². The number of anilines is 1. The Bertz CT molecular complexity index is 774. The minimum absolute atomic E-state index is 0.125. The third-order valence-electron chi connectivity index (χ3n) is 3.52. The van der Waals surface area contributed by atoms with Crippen molar-refractivity contribution < 1.29 is 4.79 Å². The van der Waals surface area contributed by atoms with Crippen LogP contribution in [0.15, 0.2) is 59.2 Å². The number of rotatable bonds is 2. The lowest BCUT2D eigenvalue weighted by Crippen LogP contribution is -2.21. The number of hydrogen-bond donors (Lipinski definition) is 0. The van der Waals surface area contributed by atoms with Gasteiger partial charge in [0.05, 0.1) is 17.0 Å². The van der Waals surface area contributed by atoms with Crippen molar-refractivity contribution in [1.82, 2.24) is 0 Å². The Labute approximate surface area is 134 Å². The normalized spacial score (nSPS) is 16.3. The first-order valence-corrected chi connectivity index (χ1v) is 7.36. The summed E-state index contributed by atoms with van der Waals surface area (Å²) in [5, 5.41) is 6.39. The number of aryl methyl sites for hydroxylation is 1. The van der Waals surface area contributed by atoms with Gasteiger partial charge in [-0.05, 0) is 49.8 Å². The van der Waals surface area contributed by atoms with Crippen LogP contribution in [0.5, 0.6) is 0 Å². The monoisotopic (exact) mass is 310 g/mol. The molecule has 1 aliphatic rings. The van der Waals surface area contributed by atoms with E-state index in [0.717, 1.165) is 5.56 Å². The predicted octanol–water partition coefficient (Wildman–Crippen LogP) is 4.45. The minimum Gasteiger partial charge on any atom is -0.267 e. The Hall–Kier alpha value is -2.39. The molecule has 0 N–H and O–H groups in total. The summed E-state index contributed by atoms with van der Waals surface area (Å²) >= 11 is 5.88. The van der Waals surface area contributed by atoms with Gasteiger partial charge in [-0.25, -0.2) is 0 Å². The van der Waals surface area contributed by atoms with Gasteiger partial charge in [0.15, 0.2) is 0 Å². The van der Waals surface area contributed by atoms with Crippen LogP contribution in [0.1, 0.15) is 18.1 Å². The van der Waals surface area contributed by atoms with Crippen LogP contribution in [0.25, 0.3) is 6.08 Å². The summed E-state index contributed by atoms with van der Waals surface area (Å²) in [6, 6.07) is 15.1. The number of benzene rings is 2. The first kappa shape index (κ1) is 14.5. The number of carbonyl (C=O) groups is 1. The number of amides is 1. The molecule has 0 atom stereocenters. The fourth-order valence-corrected chi connectivity index (χ4v) is 2.40. The number of hydrogen-bond acceptors (Lipinski definition) is 2. The molecule has 2 aromatic rings. The van der Waals surface area contributed by atoms with Gasteiger partial charge in [0.25, 0.3) is 5.91 Å². The zero-order chi connectivity index (χ0) is 15.7. The maximum atomic E-state index is 12.6. The second-order valence-electron chi connectivity index (χ2n) is 5.25. The smallest absolute Gasteiger partial charge is 0.267 e. The minimum atomic E-state index is -0.125. The van der Waals surface area contributed by atoms with E-state index in [1.54, 1.807) is 24.3 Å². The molecule has 0 spiro atoms. The van der Waals surface area contributed by atoms with E-state index in [-0.39, 0.29) is 5.91 Å². The fraction of sp³-hybridized carbons (Fsp3) is 0.111. The molecule has 3 nitrogen and oxygen atoms in total. The van der Waals surface area contributed by atoms with E-state index in [1.807, 2.05) is 44.2 Å². The molecule has 0 radical (unpaired) electrons. The molecule has 0 saturated carbocycles. The van der Waals surface area contributed by atoms with Gasteiger partial charge in [0, 0.05) is 5.02 Å². The van der Waals surface area contributed by atoms with Crippen molar-refractivity contribution in [2.45, 2.75) is 13.8 Å². The molecular formula is C18H15ClN2O. The molecule has 110 valence electrons. The Balaban J connectivity index is 1.92. The topological polar surface area (TPSA) is 32.7 Å². The lowest BCUT2D eigenvalue weighted by Gasteiger charge is -2.11. The van der Waals surface area contributed by atoms with Gasteiger partial charge >= 0.3 is 0 Å². The third kappa shape index (κ3) is 2.81. The highest BCUT2D eigenvalue weighted by Gasteiger charge is 2.28. The van der Waals surface area contributed by atoms with Gasteiger partial charge < -0.3 is 0 Å². The molecule has 1 aliphatic heterocycles. The molecule has 3 rings (SSSR count). The summed E-state index contributed by atoms with van der Waals surface area (Å²) in [7, 11) is 0. The summed E-state index contributed by atoms with van der Waals surface area (Å²) in [6.45, 7) is 3.88. The molecule has 0 aliphatic carbocycles. The number of nitrogens with zero attached hydrogens (tertiary/aromatic N) is 2. The van der Waals surface area contributed by atoms with Crippen LogP contribution in [0.2, 0.25) is 5.02 Å². The molecule has 0 unspecified atom stereocenters. The molecule has 1 heterocycles. The van der Waals surface area contributed by atoms with Crippen molar-refractivity contribution >= 4 is 35.0 Å². The second-order valence-corrected chi connectivity index (χ2v) is 5.68. The van der Waals surface area contributed by atoms with Crippen LogP contribution < -0.4 is 5.01 Å². The summed E-state index contributed by atoms with van der Waals surface area (Å²) in [5.41, 5.74) is 4.20. The molecule has 4 heteroatoms. The van der Waals surface area contributed by atoms with Crippen LogP contribution in [-0.2, 0) is 4.79 Å². The van der Waals surface area contributed by atoms with Crippen molar-refractivity contribution in [2.24, 2.45) is 5.10 Å². The number of hydrazone groups is 1. The van der Waals surface area contributed by atoms with Crippen molar-refractivity contribution in [2.75, 3.05) is 5.01 Å². The summed E-state index contributed by atoms with van der Waals surface area (Å²) < 4.78 is 0. The van der Waals surface area contributed by atoms with Gasteiger partial charge in [-0.15, -0.1) is 0 Å². The van der Waals surface area contributed by atoms with E-state index in [9.17, 15) is 4.79 Å². The maximum Gasteiger partial charge on any atom is 0.280 e. The van der Waals surface area contributed by atoms with E-state index >= 15 is 0 Å². The average Bonchev–Trinajstić information content (AvgIpc) is 2.78. The summed E-state index contributed by atoms with van der Waals surface area (Å²) in [5.74, 6) is -0.125. The van der Waals surface area contributed by atoms with Crippen molar-refractivity contribution in [3.8, 4) is 0 Å². The molecule has 1 amide bonds. The van der Waals surface area contributed by atoms with Crippen LogP contribution >= 0.6 is 11.6 Å². The Morgan fingerprint density at radius 1 is 1.00 bits per heavy atom. The van der Waals surface area contributed by atoms with E-state index in [1.165, 1.54) is 10.6 Å². The third-order valence-corrected chi connectivity index (χ3v) is 3.77. The number of carbonyl (C=O) groups excluding carboxylic acids is 1. The Morgan fingerprint density at radius 2 is 1.64 bits per heavy atom. The number of halogens is 1. The van der Waals surface area contributed by atoms with Crippen LogP contribution in [0.3, 0.4) is 0 Å². The standard InChI is InChI=1S/C18H15ClN2O/c1-12-3-5-14(6-4-12)11-17-13(2)20-21(18(17)22)16-9-7-15(19)8-10-16/h3-11H,1-2H3/b17-11+. The zero-order valence-corrected chi connectivity index (χ0v) is 13.1. The first-order chi connectivity index (χ1) is 10.5. The molecular weight excluding hydrogens is 296 g/mol. The Kier molecular flexibility index (Phi) is 3.82. The van der Waals surface area contributed by atoms with E-state index < -0.39 is 0 Å². The van der Waals surface area contributed by atoms with Crippen LogP contribution in [-0.4, -0.2) is 11.6 Å². The van der Waals surface area contributed by atoms with Crippen molar-refractivity contribution in [3.63, 3.8) is 0 Å². The van der Waals surface area contributed by atoms with Gasteiger partial charge in [0.1, 0.15) is 0 Å². The van der Waals surface area contributed by atoms with Gasteiger partial charge in [-0.2, -0.15) is 10.1 Å². The highest BCUT2D eigenvalue weighted by atomic mass is 35.5. The molecule has 0 saturated heterocycles. The average molecular weight is 311 g/mol. The van der Waals surface area contributed by atoms with E-state index in [0.29, 0.717) is 22.0 Å². The van der Waals surface area contributed by atoms with Crippen molar-refractivity contribution in [3.05, 3.63) is 70.3 Å². The van der Waals surface area contributed by atoms with Gasteiger partial charge in [-0.3, -0.25) is 4.79 Å². The second kappa shape index (κ2) is 5.78. The summed E-state index contributed by atoms with van der Waals surface area (Å²) in [4.78, 5) is 12.6. The predicted molar refractivity (Wildman–Crippen MR) is 91.2 cm³/mol. The van der Waals surface area contributed by atoms with Crippen molar-refractivity contribution in [1.29, 1.82) is 0 Å². The molecule has 0 fully saturated rings. The molecule has 2 aromatic carbocycles. The lowest BCUT2D eigenvalue weighted by molar-refractivity contribution is -0.114. The van der Waals surface area contributed by atoms with Crippen LogP contribution in [0, 0.1) is 6.92 Å². The van der Waals surface area contributed by atoms with Gasteiger partial charge in [0.2, 0.25) is 0 Å². The highest BCUT2D eigenvalue weighted by Crippen LogP contribution is 2.26. The molecule has 0 bridgehead atoms. The van der Waals surface area contributed by atoms with Gasteiger partial charge in [-0.1, -0.05) is 41.4 Å². The van der Waals surface area contributed by atoms with E-state index in [4.69, 9.17) is 11.6 Å². The first-order valence-electron chi connectivity index (χ1n) is 6.98. The SMILES string of the molecule is CC1=NN(c2ccc(Cl)cc2)C(=O)/C1=C/c1ccc(C)cc1.